The molecule has 0 aliphatic rings. The average Bonchev–Trinajstić information content (AvgIpc) is 1.96. The molecule has 0 saturated carbocycles. The van der Waals surface area contributed by atoms with Gasteiger partial charge in [0.1, 0.15) is 0 Å². The topological polar surface area (TPSA) is 88.0 Å². The van der Waals surface area contributed by atoms with E-state index in [0.29, 0.717) is 17.8 Å². The van der Waals surface area contributed by atoms with Crippen molar-refractivity contribution in [2.45, 2.75) is 18.9 Å². The van der Waals surface area contributed by atoms with E-state index in [4.69, 9.17) is 10.8 Å². The van der Waals surface area contributed by atoms with Crippen LogP contribution in [0.15, 0.2) is 10.2 Å². The fourth-order valence-electron chi connectivity index (χ4n) is 0.649. The quantitative estimate of drug-likeness (QED) is 0.489. The van der Waals surface area contributed by atoms with Crippen molar-refractivity contribution in [3.63, 3.8) is 0 Å². The molecule has 0 aromatic carbocycles. The summed E-state index contributed by atoms with van der Waals surface area (Å²) in [4.78, 5) is 10.8. The van der Waals surface area contributed by atoms with Crippen molar-refractivity contribution in [3.8, 4) is 0 Å². The number of thiocarbonyl (C=S) groups is 1. The molecule has 5 nitrogen and oxygen atoms in total. The van der Waals surface area contributed by atoms with E-state index in [0.717, 1.165) is 0 Å². The third-order valence-corrected chi connectivity index (χ3v) is 1.41. The number of rotatable bonds is 5. The Morgan fingerprint density at radius 1 is 1.75 bits per heavy atom. The number of aliphatic carboxylic acids is 1. The number of carbonyl (C=O) groups is 1. The third-order valence-electron chi connectivity index (χ3n) is 1.20. The molecule has 0 aromatic rings. The lowest BCUT2D eigenvalue weighted by Gasteiger charge is -2.03. The molecule has 0 fully saturated rings. The third kappa shape index (κ3) is 4.73. The van der Waals surface area contributed by atoms with Crippen molar-refractivity contribution in [2.24, 2.45) is 16.0 Å². The Morgan fingerprint density at radius 3 is 2.67 bits per heavy atom. The summed E-state index contributed by atoms with van der Waals surface area (Å²) in [5.41, 5.74) is 5.20. The minimum Gasteiger partial charge on any atom is -0.480 e. The van der Waals surface area contributed by atoms with Crippen molar-refractivity contribution < 1.29 is 9.90 Å². The molecule has 1 atom stereocenters. The summed E-state index contributed by atoms with van der Waals surface area (Å²) in [7, 11) is 1.43. The first kappa shape index (κ1) is 11.0. The van der Waals surface area contributed by atoms with Crippen LogP contribution >= 0.6 is 12.2 Å². The second-order valence-electron chi connectivity index (χ2n) is 2.17. The van der Waals surface area contributed by atoms with Gasteiger partial charge in [-0.05, 0) is 6.42 Å². The number of nitrogens with zero attached hydrogens (tertiary/aromatic N) is 2. The first-order valence-electron chi connectivity index (χ1n) is 3.38. The Bertz CT molecular complexity index is 205. The van der Waals surface area contributed by atoms with Crippen molar-refractivity contribution in [1.29, 1.82) is 0 Å². The lowest BCUT2D eigenvalue weighted by Crippen LogP contribution is -2.20. The van der Waals surface area contributed by atoms with Gasteiger partial charge < -0.3 is 10.8 Å². The molecule has 0 heterocycles. The lowest BCUT2D eigenvalue weighted by atomic mass is 10.2. The zero-order valence-corrected chi connectivity index (χ0v) is 7.54. The molecule has 6 heteroatoms. The highest BCUT2D eigenvalue weighted by atomic mass is 32.1. The first-order chi connectivity index (χ1) is 5.57. The number of carboxylic acid groups (broad SMARTS) is 1. The summed E-state index contributed by atoms with van der Waals surface area (Å²) in [6.07, 6.45) is 0.688. The summed E-state index contributed by atoms with van der Waals surface area (Å²) in [5.74, 6) is -1.00. The monoisotopic (exact) mass is 189 g/mol. The number of azo groups is 1. The van der Waals surface area contributed by atoms with Crippen LogP contribution in [-0.4, -0.2) is 29.2 Å². The highest BCUT2D eigenvalue weighted by Gasteiger charge is 2.15. The van der Waals surface area contributed by atoms with E-state index in [1.807, 2.05) is 0 Å². The minimum absolute atomic E-state index is 0.299. The summed E-state index contributed by atoms with van der Waals surface area (Å²) < 4.78 is 0. The molecule has 0 aliphatic carbocycles. The van der Waals surface area contributed by atoms with Crippen LogP contribution in [-0.2, 0) is 4.79 Å². The molecular weight excluding hydrogens is 178 g/mol. The largest absolute Gasteiger partial charge is 0.480 e. The van der Waals surface area contributed by atoms with E-state index >= 15 is 0 Å². The Hall–Kier alpha value is -1.04. The van der Waals surface area contributed by atoms with Crippen LogP contribution in [0, 0.1) is 0 Å². The van der Waals surface area contributed by atoms with Gasteiger partial charge in [-0.25, -0.2) is 4.79 Å². The Kier molecular flexibility index (Phi) is 5.11. The molecule has 0 aromatic heterocycles. The Balaban J connectivity index is 3.96. The second kappa shape index (κ2) is 5.59. The molecule has 0 spiro atoms. The van der Waals surface area contributed by atoms with Crippen molar-refractivity contribution in [3.05, 3.63) is 0 Å². The van der Waals surface area contributed by atoms with Crippen LogP contribution in [0.1, 0.15) is 12.8 Å². The maximum atomic E-state index is 10.5. The highest BCUT2D eigenvalue weighted by molar-refractivity contribution is 7.80. The standard InChI is InChI=1S/C6H11N3O2S/c1-8-9-4(6(10)11)2-3-5(7)12/h4H,2-3H2,1H3,(H2,7,12)(H,10,11)/b9-8+. The molecule has 3 N–H and O–H groups in total. The van der Waals surface area contributed by atoms with Crippen molar-refractivity contribution in [1.82, 2.24) is 0 Å². The molecule has 68 valence electrons. The number of hydrogen-bond donors (Lipinski definition) is 2. The number of nitrogens with two attached hydrogens (primary N) is 1. The van der Waals surface area contributed by atoms with E-state index in [1.54, 1.807) is 0 Å². The molecular formula is C6H11N3O2S. The average molecular weight is 189 g/mol. The SMILES string of the molecule is C/N=N/C(CCC(N)=S)C(=O)O. The van der Waals surface area contributed by atoms with Crippen molar-refractivity contribution >= 4 is 23.2 Å². The first-order valence-corrected chi connectivity index (χ1v) is 3.78. The van der Waals surface area contributed by atoms with Gasteiger partial charge in [-0.2, -0.15) is 10.2 Å². The molecule has 0 aliphatic heterocycles. The maximum Gasteiger partial charge on any atom is 0.330 e. The van der Waals surface area contributed by atoms with Crippen LogP contribution in [0.4, 0.5) is 0 Å². The number of carboxylic acids is 1. The van der Waals surface area contributed by atoms with Gasteiger partial charge in [0.2, 0.25) is 0 Å². The fourth-order valence-corrected chi connectivity index (χ4v) is 0.767. The Labute approximate surface area is 75.7 Å². The zero-order valence-electron chi connectivity index (χ0n) is 6.73. The minimum atomic E-state index is -1.00. The van der Waals surface area contributed by atoms with E-state index < -0.39 is 12.0 Å². The van der Waals surface area contributed by atoms with Gasteiger partial charge in [-0.1, -0.05) is 12.2 Å². The van der Waals surface area contributed by atoms with Crippen LogP contribution in [0.25, 0.3) is 0 Å². The molecule has 0 rings (SSSR count). The fraction of sp³-hybridized carbons (Fsp3) is 0.667. The smallest absolute Gasteiger partial charge is 0.330 e. The van der Waals surface area contributed by atoms with Gasteiger partial charge in [0.05, 0.1) is 4.99 Å². The van der Waals surface area contributed by atoms with Gasteiger partial charge in [-0.15, -0.1) is 0 Å². The second-order valence-corrected chi connectivity index (χ2v) is 2.70. The van der Waals surface area contributed by atoms with Gasteiger partial charge in [-0.3, -0.25) is 0 Å². The molecule has 1 unspecified atom stereocenters. The molecule has 0 bridgehead atoms. The normalized spacial score (nSPS) is 13.1. The molecule has 0 radical (unpaired) electrons. The Morgan fingerprint density at radius 2 is 2.33 bits per heavy atom. The van der Waals surface area contributed by atoms with Gasteiger partial charge in [0.15, 0.2) is 6.04 Å². The van der Waals surface area contributed by atoms with Crippen LogP contribution in [0.3, 0.4) is 0 Å². The van der Waals surface area contributed by atoms with Gasteiger partial charge in [0, 0.05) is 13.5 Å². The van der Waals surface area contributed by atoms with Crippen LogP contribution in [0.2, 0.25) is 0 Å². The van der Waals surface area contributed by atoms with E-state index in [9.17, 15) is 4.79 Å². The predicted octanol–water partition coefficient (Wildman–Crippen LogP) is 0.588. The maximum absolute atomic E-state index is 10.5. The summed E-state index contributed by atoms with van der Waals surface area (Å²) in [6, 6.07) is -0.823. The lowest BCUT2D eigenvalue weighted by molar-refractivity contribution is -0.138. The molecule has 0 saturated heterocycles. The summed E-state index contributed by atoms with van der Waals surface area (Å²) >= 11 is 4.60. The van der Waals surface area contributed by atoms with Crippen molar-refractivity contribution in [2.75, 3.05) is 7.05 Å². The van der Waals surface area contributed by atoms with E-state index in [2.05, 4.69) is 22.4 Å². The summed E-state index contributed by atoms with van der Waals surface area (Å²) in [6.45, 7) is 0. The molecule has 0 amide bonds. The van der Waals surface area contributed by atoms with Crippen LogP contribution in [0.5, 0.6) is 0 Å². The zero-order chi connectivity index (χ0) is 9.56. The van der Waals surface area contributed by atoms with E-state index in [1.165, 1.54) is 7.05 Å². The number of hydrogen-bond acceptors (Lipinski definition) is 4. The molecule has 12 heavy (non-hydrogen) atoms. The summed E-state index contributed by atoms with van der Waals surface area (Å²) in [5, 5.41) is 15.5. The predicted molar refractivity (Wildman–Crippen MR) is 48.2 cm³/mol. The van der Waals surface area contributed by atoms with E-state index in [-0.39, 0.29) is 0 Å². The van der Waals surface area contributed by atoms with Crippen LogP contribution < -0.4 is 5.73 Å². The highest BCUT2D eigenvalue weighted by Crippen LogP contribution is 2.02. The van der Waals surface area contributed by atoms with Gasteiger partial charge in [0.25, 0.3) is 0 Å². The van der Waals surface area contributed by atoms with Gasteiger partial charge >= 0.3 is 5.97 Å².